The highest BCUT2D eigenvalue weighted by Crippen LogP contribution is 2.25. The summed E-state index contributed by atoms with van der Waals surface area (Å²) >= 11 is 0. The van der Waals surface area contributed by atoms with Gasteiger partial charge in [-0.2, -0.15) is 4.98 Å². The summed E-state index contributed by atoms with van der Waals surface area (Å²) in [7, 11) is -3.89. The number of nitrogens with two attached hydrogens (primary N) is 1. The fourth-order valence-corrected chi connectivity index (χ4v) is 3.65. The zero-order valence-electron chi connectivity index (χ0n) is 16.2. The Hall–Kier alpha value is -3.83. The SMILES string of the molecule is Cc1ccc(Nc2ncc(F)c(Nc3ccc(-c4cnco4)cc3)n2)cc1S(N)(=O)=O. The first-order chi connectivity index (χ1) is 14.8. The van der Waals surface area contributed by atoms with Gasteiger partial charge in [0.1, 0.15) is 0 Å². The van der Waals surface area contributed by atoms with Gasteiger partial charge in [0.2, 0.25) is 16.0 Å². The van der Waals surface area contributed by atoms with Gasteiger partial charge in [-0.15, -0.1) is 0 Å². The smallest absolute Gasteiger partial charge is 0.238 e. The molecule has 0 atom stereocenters. The van der Waals surface area contributed by atoms with Crippen LogP contribution in [0.5, 0.6) is 0 Å². The summed E-state index contributed by atoms with van der Waals surface area (Å²) in [5, 5.41) is 11.0. The average Bonchev–Trinajstić information content (AvgIpc) is 3.26. The zero-order chi connectivity index (χ0) is 22.0. The fraction of sp³-hybridized carbons (Fsp3) is 0.0500. The van der Waals surface area contributed by atoms with Crippen LogP contribution in [0.25, 0.3) is 11.3 Å². The standard InChI is InChI=1S/C20H17FN6O3S/c1-12-2-5-15(8-18(12)31(22,28)29)26-20-24-9-16(21)19(27-20)25-14-6-3-13(4-7-14)17-10-23-11-30-17/h2-11H,1H3,(H2,22,28,29)(H2,24,25,26,27). The molecule has 11 heteroatoms. The Kier molecular flexibility index (Phi) is 5.36. The molecule has 0 saturated carbocycles. The first-order valence-electron chi connectivity index (χ1n) is 8.98. The minimum absolute atomic E-state index is 0.0233. The van der Waals surface area contributed by atoms with Crippen molar-refractivity contribution in [1.29, 1.82) is 0 Å². The molecular weight excluding hydrogens is 423 g/mol. The van der Waals surface area contributed by atoms with Crippen molar-refractivity contribution >= 4 is 33.2 Å². The van der Waals surface area contributed by atoms with E-state index in [9.17, 15) is 12.8 Å². The lowest BCUT2D eigenvalue weighted by Crippen LogP contribution is -2.14. The number of benzene rings is 2. The summed E-state index contributed by atoms with van der Waals surface area (Å²) in [4.78, 5) is 11.9. The summed E-state index contributed by atoms with van der Waals surface area (Å²) in [6, 6.07) is 11.7. The van der Waals surface area contributed by atoms with Gasteiger partial charge < -0.3 is 15.1 Å². The van der Waals surface area contributed by atoms with Gasteiger partial charge >= 0.3 is 0 Å². The molecule has 4 rings (SSSR count). The highest BCUT2D eigenvalue weighted by Gasteiger charge is 2.13. The van der Waals surface area contributed by atoms with Crippen LogP contribution in [0.3, 0.4) is 0 Å². The maximum atomic E-state index is 14.2. The van der Waals surface area contributed by atoms with Crippen LogP contribution in [0, 0.1) is 12.7 Å². The summed E-state index contributed by atoms with van der Waals surface area (Å²) in [5.74, 6) is -0.0164. The molecule has 2 aromatic carbocycles. The van der Waals surface area contributed by atoms with Crippen LogP contribution in [-0.2, 0) is 10.0 Å². The molecule has 9 nitrogen and oxygen atoms in total. The summed E-state index contributed by atoms with van der Waals surface area (Å²) in [6.07, 6.45) is 3.94. The molecule has 0 aliphatic carbocycles. The molecule has 2 aromatic heterocycles. The van der Waals surface area contributed by atoms with E-state index in [4.69, 9.17) is 9.56 Å². The van der Waals surface area contributed by atoms with Crippen LogP contribution in [-0.4, -0.2) is 23.4 Å². The van der Waals surface area contributed by atoms with Crippen LogP contribution in [0.4, 0.5) is 27.5 Å². The third-order valence-corrected chi connectivity index (χ3v) is 5.41. The number of anilines is 4. The van der Waals surface area contributed by atoms with Crippen LogP contribution < -0.4 is 15.8 Å². The van der Waals surface area contributed by atoms with Gasteiger partial charge in [-0.3, -0.25) is 0 Å². The third kappa shape index (κ3) is 4.68. The van der Waals surface area contributed by atoms with Crippen molar-refractivity contribution in [3.05, 3.63) is 72.6 Å². The minimum Gasteiger partial charge on any atom is -0.444 e. The Labute approximate surface area is 177 Å². The number of aromatic nitrogens is 3. The van der Waals surface area contributed by atoms with E-state index in [-0.39, 0.29) is 16.7 Å². The monoisotopic (exact) mass is 440 g/mol. The number of oxazole rings is 1. The molecule has 0 radical (unpaired) electrons. The topological polar surface area (TPSA) is 136 Å². The Morgan fingerprint density at radius 1 is 1.03 bits per heavy atom. The largest absolute Gasteiger partial charge is 0.444 e. The fourth-order valence-electron chi connectivity index (χ4n) is 2.84. The van der Waals surface area contributed by atoms with Crippen LogP contribution in [0.2, 0.25) is 0 Å². The number of nitrogens with zero attached hydrogens (tertiary/aromatic N) is 3. The van der Waals surface area contributed by atoms with E-state index in [0.29, 0.717) is 22.7 Å². The first kappa shape index (κ1) is 20.4. The van der Waals surface area contributed by atoms with Gasteiger partial charge in [0.15, 0.2) is 23.8 Å². The normalized spacial score (nSPS) is 11.3. The lowest BCUT2D eigenvalue weighted by molar-refractivity contribution is 0.572. The molecular formula is C20H17FN6O3S. The Morgan fingerprint density at radius 3 is 2.45 bits per heavy atom. The molecule has 0 saturated heterocycles. The van der Waals surface area contributed by atoms with E-state index in [1.54, 1.807) is 49.5 Å². The quantitative estimate of drug-likeness (QED) is 0.413. The minimum atomic E-state index is -3.89. The van der Waals surface area contributed by atoms with Crippen LogP contribution >= 0.6 is 0 Å². The van der Waals surface area contributed by atoms with Crippen molar-refractivity contribution in [2.75, 3.05) is 10.6 Å². The number of nitrogens with one attached hydrogen (secondary N) is 2. The maximum Gasteiger partial charge on any atom is 0.238 e. The van der Waals surface area contributed by atoms with Crippen LogP contribution in [0.1, 0.15) is 5.56 Å². The highest BCUT2D eigenvalue weighted by atomic mass is 32.2. The zero-order valence-corrected chi connectivity index (χ0v) is 17.0. The highest BCUT2D eigenvalue weighted by molar-refractivity contribution is 7.89. The molecule has 2 heterocycles. The molecule has 0 amide bonds. The molecule has 0 unspecified atom stereocenters. The van der Waals surface area contributed by atoms with Crippen molar-refractivity contribution in [3.8, 4) is 11.3 Å². The van der Waals surface area contributed by atoms with E-state index in [1.807, 2.05) is 0 Å². The van der Waals surface area contributed by atoms with E-state index in [2.05, 4.69) is 25.6 Å². The lowest BCUT2D eigenvalue weighted by Gasteiger charge is -2.11. The molecule has 158 valence electrons. The predicted molar refractivity (Wildman–Crippen MR) is 113 cm³/mol. The molecule has 4 aromatic rings. The first-order valence-corrected chi connectivity index (χ1v) is 10.5. The van der Waals surface area contributed by atoms with Gasteiger partial charge in [-0.25, -0.2) is 27.9 Å². The summed E-state index contributed by atoms with van der Waals surface area (Å²) in [5.41, 5.74) is 2.31. The van der Waals surface area contributed by atoms with Crippen molar-refractivity contribution in [3.63, 3.8) is 0 Å². The Morgan fingerprint density at radius 2 is 1.77 bits per heavy atom. The molecule has 0 bridgehead atoms. The number of aryl methyl sites for hydroxylation is 1. The molecule has 0 spiro atoms. The molecule has 31 heavy (non-hydrogen) atoms. The van der Waals surface area contributed by atoms with E-state index in [1.165, 1.54) is 12.5 Å². The second-order valence-electron chi connectivity index (χ2n) is 6.61. The lowest BCUT2D eigenvalue weighted by atomic mass is 10.2. The number of hydrogen-bond acceptors (Lipinski definition) is 8. The van der Waals surface area contributed by atoms with Gasteiger partial charge in [-0.05, 0) is 48.9 Å². The van der Waals surface area contributed by atoms with Gasteiger partial charge in [0, 0.05) is 16.9 Å². The molecule has 0 aliphatic rings. The Bertz CT molecular complexity index is 1330. The van der Waals surface area contributed by atoms with Crippen molar-refractivity contribution in [1.82, 2.24) is 15.0 Å². The van der Waals surface area contributed by atoms with E-state index in [0.717, 1.165) is 11.8 Å². The second-order valence-corrected chi connectivity index (χ2v) is 8.14. The number of hydrogen-bond donors (Lipinski definition) is 3. The van der Waals surface area contributed by atoms with Crippen molar-refractivity contribution in [2.45, 2.75) is 11.8 Å². The number of sulfonamides is 1. The van der Waals surface area contributed by atoms with Crippen molar-refractivity contribution < 1.29 is 17.2 Å². The number of primary sulfonamides is 1. The Balaban J connectivity index is 1.55. The predicted octanol–water partition coefficient (Wildman–Crippen LogP) is 3.71. The van der Waals surface area contributed by atoms with Crippen LogP contribution in [0.15, 0.2) is 70.6 Å². The maximum absolute atomic E-state index is 14.2. The molecule has 0 aliphatic heterocycles. The van der Waals surface area contributed by atoms with E-state index < -0.39 is 15.8 Å². The van der Waals surface area contributed by atoms with Gasteiger partial charge in [-0.1, -0.05) is 6.07 Å². The molecule has 4 N–H and O–H groups in total. The third-order valence-electron chi connectivity index (χ3n) is 4.36. The summed E-state index contributed by atoms with van der Waals surface area (Å²) in [6.45, 7) is 1.63. The number of rotatable bonds is 6. The molecule has 0 fully saturated rings. The number of halogens is 1. The van der Waals surface area contributed by atoms with Gasteiger partial charge in [0.25, 0.3) is 0 Å². The second kappa shape index (κ2) is 8.13. The van der Waals surface area contributed by atoms with Gasteiger partial charge in [0.05, 0.1) is 17.3 Å². The average molecular weight is 440 g/mol. The summed E-state index contributed by atoms with van der Waals surface area (Å²) < 4.78 is 42.9. The van der Waals surface area contributed by atoms with Crippen molar-refractivity contribution in [2.24, 2.45) is 5.14 Å². The van der Waals surface area contributed by atoms with E-state index >= 15 is 0 Å².